The molecular formula is C12H24N2O2S2. The van der Waals surface area contributed by atoms with Crippen LogP contribution in [0.15, 0.2) is 0 Å². The van der Waals surface area contributed by atoms with Gasteiger partial charge in [0.2, 0.25) is 10.0 Å². The fraction of sp³-hybridized carbons (Fsp3) is 0.917. The molecule has 1 aliphatic rings. The highest BCUT2D eigenvalue weighted by Gasteiger charge is 2.35. The molecule has 0 aromatic carbocycles. The third-order valence-electron chi connectivity index (χ3n) is 3.50. The summed E-state index contributed by atoms with van der Waals surface area (Å²) in [6.45, 7) is 4.89. The number of nitrogens with one attached hydrogen (secondary N) is 1. The zero-order valence-electron chi connectivity index (χ0n) is 11.2. The molecule has 1 fully saturated rings. The Hall–Kier alpha value is -0.200. The van der Waals surface area contributed by atoms with Gasteiger partial charge in [-0.15, -0.1) is 0 Å². The van der Waals surface area contributed by atoms with E-state index >= 15 is 0 Å². The second-order valence-corrected chi connectivity index (χ2v) is 8.18. The minimum Gasteiger partial charge on any atom is -0.392 e. The lowest BCUT2D eigenvalue weighted by Gasteiger charge is -2.31. The Morgan fingerprint density at radius 3 is 2.39 bits per heavy atom. The lowest BCUT2D eigenvalue weighted by molar-refractivity contribution is 0.236. The van der Waals surface area contributed by atoms with Gasteiger partial charge in [0.15, 0.2) is 0 Å². The molecule has 0 aromatic heterocycles. The van der Waals surface area contributed by atoms with E-state index in [0.29, 0.717) is 12.5 Å². The van der Waals surface area contributed by atoms with Gasteiger partial charge in [0.1, 0.15) is 5.75 Å². The van der Waals surface area contributed by atoms with Crippen LogP contribution in [0.1, 0.15) is 46.0 Å². The molecule has 4 nitrogen and oxygen atoms in total. The molecule has 3 N–H and O–H groups in total. The topological polar surface area (TPSA) is 72.2 Å². The van der Waals surface area contributed by atoms with Crippen LogP contribution in [-0.4, -0.2) is 25.7 Å². The first-order valence-electron chi connectivity index (χ1n) is 6.50. The summed E-state index contributed by atoms with van der Waals surface area (Å²) in [6, 6.07) is 0. The average Bonchev–Trinajstić information content (AvgIpc) is 2.61. The van der Waals surface area contributed by atoms with Crippen molar-refractivity contribution < 1.29 is 8.42 Å². The van der Waals surface area contributed by atoms with Crippen LogP contribution in [0.25, 0.3) is 0 Å². The Balaban J connectivity index is 2.60. The van der Waals surface area contributed by atoms with Gasteiger partial charge < -0.3 is 5.73 Å². The fourth-order valence-corrected chi connectivity index (χ4v) is 4.41. The number of hydrogen-bond donors (Lipinski definition) is 2. The molecule has 1 aliphatic carbocycles. The van der Waals surface area contributed by atoms with Crippen LogP contribution in [0, 0.1) is 11.3 Å². The summed E-state index contributed by atoms with van der Waals surface area (Å²) in [5.41, 5.74) is 5.42. The SMILES string of the molecule is CC(C)CC1(CNS(=O)(=O)CC(N)=S)CCCC1. The smallest absolute Gasteiger partial charge is 0.218 e. The Kier molecular flexibility index (Phi) is 5.55. The van der Waals surface area contributed by atoms with Gasteiger partial charge in [0.25, 0.3) is 0 Å². The predicted molar refractivity (Wildman–Crippen MR) is 78.9 cm³/mol. The van der Waals surface area contributed by atoms with Gasteiger partial charge in [-0.1, -0.05) is 38.9 Å². The first-order chi connectivity index (χ1) is 8.25. The summed E-state index contributed by atoms with van der Waals surface area (Å²) < 4.78 is 26.2. The van der Waals surface area contributed by atoms with Crippen molar-refractivity contribution in [3.05, 3.63) is 0 Å². The minimum absolute atomic E-state index is 0.0202. The number of thiocarbonyl (C=S) groups is 1. The standard InChI is InChI=1S/C12H24N2O2S2/c1-10(2)7-12(5-3-4-6-12)9-14-18(15,16)8-11(13)17/h10,14H,3-9H2,1-2H3,(H2,13,17). The number of sulfonamides is 1. The Bertz CT molecular complexity index is 385. The number of nitrogens with two attached hydrogens (primary N) is 1. The van der Waals surface area contributed by atoms with Crippen molar-refractivity contribution in [2.45, 2.75) is 46.0 Å². The maximum Gasteiger partial charge on any atom is 0.218 e. The quantitative estimate of drug-likeness (QED) is 0.702. The highest BCUT2D eigenvalue weighted by molar-refractivity contribution is 7.92. The highest BCUT2D eigenvalue weighted by Crippen LogP contribution is 2.42. The van der Waals surface area contributed by atoms with Crippen LogP contribution in [0.3, 0.4) is 0 Å². The van der Waals surface area contributed by atoms with Gasteiger partial charge in [0, 0.05) is 6.54 Å². The van der Waals surface area contributed by atoms with E-state index < -0.39 is 10.0 Å². The van der Waals surface area contributed by atoms with Crippen LogP contribution >= 0.6 is 12.2 Å². The van der Waals surface area contributed by atoms with Crippen molar-refractivity contribution in [2.24, 2.45) is 17.1 Å². The van der Waals surface area contributed by atoms with Crippen molar-refractivity contribution in [1.29, 1.82) is 0 Å². The van der Waals surface area contributed by atoms with Gasteiger partial charge in [0.05, 0.1) is 4.99 Å². The van der Waals surface area contributed by atoms with E-state index in [0.717, 1.165) is 19.3 Å². The zero-order valence-corrected chi connectivity index (χ0v) is 12.9. The minimum atomic E-state index is -3.36. The summed E-state index contributed by atoms with van der Waals surface area (Å²) in [4.78, 5) is 0.0202. The van der Waals surface area contributed by atoms with E-state index in [1.165, 1.54) is 12.8 Å². The van der Waals surface area contributed by atoms with E-state index in [1.807, 2.05) is 0 Å². The Labute approximate surface area is 116 Å². The molecule has 0 bridgehead atoms. The van der Waals surface area contributed by atoms with Crippen molar-refractivity contribution in [1.82, 2.24) is 4.72 Å². The molecular weight excluding hydrogens is 268 g/mol. The molecule has 0 saturated heterocycles. The molecule has 0 heterocycles. The van der Waals surface area contributed by atoms with Crippen LogP contribution in [0.4, 0.5) is 0 Å². The van der Waals surface area contributed by atoms with Crippen molar-refractivity contribution in [3.63, 3.8) is 0 Å². The molecule has 0 spiro atoms. The Morgan fingerprint density at radius 1 is 1.39 bits per heavy atom. The monoisotopic (exact) mass is 292 g/mol. The van der Waals surface area contributed by atoms with Gasteiger partial charge in [-0.3, -0.25) is 0 Å². The molecule has 18 heavy (non-hydrogen) atoms. The molecule has 0 radical (unpaired) electrons. The number of hydrogen-bond acceptors (Lipinski definition) is 3. The summed E-state index contributed by atoms with van der Waals surface area (Å²) in [5, 5.41) is 0. The summed E-state index contributed by atoms with van der Waals surface area (Å²) >= 11 is 4.65. The van der Waals surface area contributed by atoms with E-state index in [-0.39, 0.29) is 16.2 Å². The average molecular weight is 292 g/mol. The van der Waals surface area contributed by atoms with E-state index in [1.54, 1.807) is 0 Å². The van der Waals surface area contributed by atoms with Crippen molar-refractivity contribution in [3.8, 4) is 0 Å². The number of rotatable bonds is 7. The first-order valence-corrected chi connectivity index (χ1v) is 8.56. The summed E-state index contributed by atoms with van der Waals surface area (Å²) in [7, 11) is -3.36. The van der Waals surface area contributed by atoms with Crippen LogP contribution in [-0.2, 0) is 10.0 Å². The molecule has 0 unspecified atom stereocenters. The van der Waals surface area contributed by atoms with Crippen LogP contribution in [0.2, 0.25) is 0 Å². The third kappa shape index (κ3) is 5.20. The second-order valence-electron chi connectivity index (χ2n) is 5.85. The van der Waals surface area contributed by atoms with E-state index in [9.17, 15) is 8.42 Å². The molecule has 0 aromatic rings. The first kappa shape index (κ1) is 15.9. The molecule has 0 aliphatic heterocycles. The largest absolute Gasteiger partial charge is 0.392 e. The summed E-state index contributed by atoms with van der Waals surface area (Å²) in [6.07, 6.45) is 5.69. The second kappa shape index (κ2) is 6.30. The van der Waals surface area contributed by atoms with Gasteiger partial charge >= 0.3 is 0 Å². The maximum absolute atomic E-state index is 11.7. The van der Waals surface area contributed by atoms with Crippen molar-refractivity contribution in [2.75, 3.05) is 12.3 Å². The molecule has 6 heteroatoms. The lowest BCUT2D eigenvalue weighted by atomic mass is 9.79. The van der Waals surface area contributed by atoms with Crippen molar-refractivity contribution >= 4 is 27.2 Å². The Morgan fingerprint density at radius 2 is 1.94 bits per heavy atom. The molecule has 0 atom stereocenters. The molecule has 1 rings (SSSR count). The molecule has 0 amide bonds. The van der Waals surface area contributed by atoms with Gasteiger partial charge in [-0.05, 0) is 30.6 Å². The van der Waals surface area contributed by atoms with E-state index in [4.69, 9.17) is 5.73 Å². The van der Waals surface area contributed by atoms with Crippen LogP contribution in [0.5, 0.6) is 0 Å². The van der Waals surface area contributed by atoms with Crippen LogP contribution < -0.4 is 10.5 Å². The fourth-order valence-electron chi connectivity index (χ4n) is 2.95. The highest BCUT2D eigenvalue weighted by atomic mass is 32.2. The predicted octanol–water partition coefficient (Wildman–Crippen LogP) is 1.80. The zero-order chi connectivity index (χ0) is 13.8. The van der Waals surface area contributed by atoms with Gasteiger partial charge in [-0.2, -0.15) is 0 Å². The van der Waals surface area contributed by atoms with Gasteiger partial charge in [-0.25, -0.2) is 13.1 Å². The third-order valence-corrected chi connectivity index (χ3v) is 5.11. The normalized spacial score (nSPS) is 19.3. The molecule has 1 saturated carbocycles. The maximum atomic E-state index is 11.7. The van der Waals surface area contributed by atoms with E-state index in [2.05, 4.69) is 30.8 Å². The lowest BCUT2D eigenvalue weighted by Crippen LogP contribution is -2.40. The summed E-state index contributed by atoms with van der Waals surface area (Å²) in [5.74, 6) is 0.336. The molecule has 106 valence electrons.